The maximum Gasteiger partial charge on any atom is 0.289 e. The first-order chi connectivity index (χ1) is 9.69. The van der Waals surface area contributed by atoms with E-state index in [9.17, 15) is 9.59 Å². The topological polar surface area (TPSA) is 62.3 Å². The first-order valence-electron chi connectivity index (χ1n) is 6.22. The smallest absolute Gasteiger partial charge is 0.289 e. The predicted octanol–water partition coefficient (Wildman–Crippen LogP) is 2.47. The van der Waals surface area contributed by atoms with Gasteiger partial charge in [0.05, 0.1) is 17.8 Å². The molecule has 0 radical (unpaired) electrons. The third-order valence-corrected chi connectivity index (χ3v) is 4.07. The molecule has 0 spiro atoms. The largest absolute Gasteiger partial charge is 0.373 e. The average Bonchev–Trinajstić information content (AvgIpc) is 2.78. The van der Waals surface area contributed by atoms with Gasteiger partial charge in [-0.2, -0.15) is 0 Å². The van der Waals surface area contributed by atoms with E-state index in [1.165, 1.54) is 4.90 Å². The van der Waals surface area contributed by atoms with Crippen LogP contribution in [0.4, 0.5) is 10.6 Å². The van der Waals surface area contributed by atoms with Gasteiger partial charge in [-0.05, 0) is 12.1 Å². The molecule has 0 aliphatic carbocycles. The third-order valence-electron chi connectivity index (χ3n) is 3.21. The van der Waals surface area contributed by atoms with Crippen LogP contribution in [0.25, 0.3) is 10.9 Å². The van der Waals surface area contributed by atoms with Crippen molar-refractivity contribution >= 4 is 39.6 Å². The van der Waals surface area contributed by atoms with E-state index in [4.69, 9.17) is 0 Å². The van der Waals surface area contributed by atoms with Gasteiger partial charge in [0.2, 0.25) is 5.91 Å². The van der Waals surface area contributed by atoms with Crippen molar-refractivity contribution < 1.29 is 9.59 Å². The molecule has 0 bridgehead atoms. The lowest BCUT2D eigenvalue weighted by Crippen LogP contribution is -2.28. The number of hydrogen-bond acceptors (Lipinski definition) is 5. The molecule has 2 amide bonds. The summed E-state index contributed by atoms with van der Waals surface area (Å²) in [7, 11) is 1.78. The molecule has 102 valence electrons. The zero-order valence-electron chi connectivity index (χ0n) is 10.9. The van der Waals surface area contributed by atoms with Crippen LogP contribution in [0.1, 0.15) is 5.56 Å². The molecule has 1 aromatic carbocycles. The highest BCUT2D eigenvalue weighted by Crippen LogP contribution is 2.26. The van der Waals surface area contributed by atoms with E-state index in [0.717, 1.165) is 28.2 Å². The van der Waals surface area contributed by atoms with Crippen molar-refractivity contribution in [1.82, 2.24) is 9.88 Å². The second-order valence-electron chi connectivity index (χ2n) is 4.47. The number of anilines is 1. The van der Waals surface area contributed by atoms with E-state index in [0.29, 0.717) is 5.82 Å². The Morgan fingerprint density at radius 3 is 2.85 bits per heavy atom. The molecule has 0 saturated carbocycles. The molecule has 1 N–H and O–H groups in total. The molecular formula is C14H13N3O2S. The predicted molar refractivity (Wildman–Crippen MR) is 79.7 cm³/mol. The Morgan fingerprint density at radius 2 is 2.15 bits per heavy atom. The Bertz CT molecular complexity index is 686. The van der Waals surface area contributed by atoms with Gasteiger partial charge in [0.25, 0.3) is 5.24 Å². The fraction of sp³-hybridized carbons (Fsp3) is 0.214. The third kappa shape index (κ3) is 2.22. The van der Waals surface area contributed by atoms with Crippen LogP contribution in [0.5, 0.6) is 0 Å². The number of amides is 2. The number of benzene rings is 1. The summed E-state index contributed by atoms with van der Waals surface area (Å²) in [5.41, 5.74) is 1.73. The van der Waals surface area contributed by atoms with Gasteiger partial charge in [0.1, 0.15) is 5.82 Å². The van der Waals surface area contributed by atoms with Gasteiger partial charge in [0.15, 0.2) is 0 Å². The summed E-state index contributed by atoms with van der Waals surface area (Å²) < 4.78 is 0. The van der Waals surface area contributed by atoms with Crippen LogP contribution in [0.2, 0.25) is 0 Å². The summed E-state index contributed by atoms with van der Waals surface area (Å²) in [6.45, 7) is 0.263. The molecule has 2 aromatic rings. The van der Waals surface area contributed by atoms with Crippen molar-refractivity contribution in [3.05, 3.63) is 35.9 Å². The molecule has 20 heavy (non-hydrogen) atoms. The number of carbonyl (C=O) groups is 2. The molecule has 1 saturated heterocycles. The molecule has 3 rings (SSSR count). The van der Waals surface area contributed by atoms with Crippen LogP contribution in [-0.2, 0) is 11.3 Å². The van der Waals surface area contributed by atoms with Crippen molar-refractivity contribution in [1.29, 1.82) is 0 Å². The minimum atomic E-state index is -0.190. The molecule has 1 fully saturated rings. The summed E-state index contributed by atoms with van der Waals surface area (Å²) in [4.78, 5) is 29.2. The molecule has 5 nitrogen and oxygen atoms in total. The highest BCUT2D eigenvalue weighted by molar-refractivity contribution is 8.14. The molecular weight excluding hydrogens is 274 g/mol. The number of rotatable bonds is 3. The average molecular weight is 287 g/mol. The van der Waals surface area contributed by atoms with Crippen LogP contribution in [0, 0.1) is 0 Å². The van der Waals surface area contributed by atoms with Gasteiger partial charge < -0.3 is 5.32 Å². The molecule has 0 atom stereocenters. The lowest BCUT2D eigenvalue weighted by Gasteiger charge is -2.16. The summed E-state index contributed by atoms with van der Waals surface area (Å²) in [5.74, 6) is 0.783. The maximum atomic E-state index is 11.7. The van der Waals surface area contributed by atoms with Crippen molar-refractivity contribution in [2.45, 2.75) is 6.54 Å². The van der Waals surface area contributed by atoms with E-state index in [-0.39, 0.29) is 23.4 Å². The number of imide groups is 1. The van der Waals surface area contributed by atoms with E-state index in [2.05, 4.69) is 10.3 Å². The lowest BCUT2D eigenvalue weighted by molar-refractivity contribution is -0.125. The molecule has 2 heterocycles. The number of hydrogen-bond donors (Lipinski definition) is 1. The Morgan fingerprint density at radius 1 is 1.35 bits per heavy atom. The number of nitrogens with one attached hydrogen (secondary N) is 1. The fourth-order valence-electron chi connectivity index (χ4n) is 2.20. The van der Waals surface area contributed by atoms with Gasteiger partial charge in [0, 0.05) is 18.0 Å². The second kappa shape index (κ2) is 5.13. The molecule has 1 aromatic heterocycles. The molecule has 6 heteroatoms. The number of thioether (sulfide) groups is 1. The number of nitrogens with zero attached hydrogens (tertiary/aromatic N) is 2. The van der Waals surface area contributed by atoms with Gasteiger partial charge in [-0.1, -0.05) is 30.0 Å². The Balaban J connectivity index is 2.01. The Labute approximate surface area is 120 Å². The van der Waals surface area contributed by atoms with Crippen LogP contribution in [-0.4, -0.2) is 33.8 Å². The normalized spacial score (nSPS) is 15.2. The van der Waals surface area contributed by atoms with E-state index in [1.54, 1.807) is 7.05 Å². The molecule has 1 aliphatic rings. The Kier molecular flexibility index (Phi) is 3.31. The first kappa shape index (κ1) is 12.9. The summed E-state index contributed by atoms with van der Waals surface area (Å²) in [6.07, 6.45) is 0. The van der Waals surface area contributed by atoms with Crippen LogP contribution in [0.15, 0.2) is 30.3 Å². The SMILES string of the molecule is CNc1nc2ccccc2cc1CN1C(=O)CSC1=O. The van der Waals surface area contributed by atoms with Gasteiger partial charge >= 0.3 is 0 Å². The second-order valence-corrected chi connectivity index (χ2v) is 5.40. The molecule has 1 aliphatic heterocycles. The van der Waals surface area contributed by atoms with Crippen LogP contribution in [0.3, 0.4) is 0 Å². The number of carbonyl (C=O) groups excluding carboxylic acids is 2. The zero-order valence-corrected chi connectivity index (χ0v) is 11.7. The highest BCUT2D eigenvalue weighted by Gasteiger charge is 2.30. The van der Waals surface area contributed by atoms with E-state index >= 15 is 0 Å². The molecule has 0 unspecified atom stereocenters. The van der Waals surface area contributed by atoms with Crippen LogP contribution >= 0.6 is 11.8 Å². The fourth-order valence-corrected chi connectivity index (χ4v) is 2.93. The summed E-state index contributed by atoms with van der Waals surface area (Å²) in [5, 5.41) is 3.83. The number of para-hydroxylation sites is 1. The first-order valence-corrected chi connectivity index (χ1v) is 7.21. The summed E-state index contributed by atoms with van der Waals surface area (Å²) in [6, 6.07) is 9.74. The Hall–Kier alpha value is -2.08. The maximum absolute atomic E-state index is 11.7. The minimum Gasteiger partial charge on any atom is -0.373 e. The zero-order chi connectivity index (χ0) is 14.1. The van der Waals surface area contributed by atoms with Gasteiger partial charge in [-0.25, -0.2) is 4.98 Å². The number of pyridine rings is 1. The van der Waals surface area contributed by atoms with Crippen LogP contribution < -0.4 is 5.32 Å². The minimum absolute atomic E-state index is 0.143. The quantitative estimate of drug-likeness (QED) is 0.939. The standard InChI is InChI=1S/C14H13N3O2S/c1-15-13-10(7-17-12(18)8-20-14(17)19)6-9-4-2-3-5-11(9)16-13/h2-6H,7-8H2,1H3,(H,15,16). The van der Waals surface area contributed by atoms with Crippen molar-refractivity contribution in [3.8, 4) is 0 Å². The number of fused-ring (bicyclic) bond motifs is 1. The highest BCUT2D eigenvalue weighted by atomic mass is 32.2. The summed E-state index contributed by atoms with van der Waals surface area (Å²) >= 11 is 1.05. The van der Waals surface area contributed by atoms with Crippen molar-refractivity contribution in [2.75, 3.05) is 18.1 Å². The van der Waals surface area contributed by atoms with E-state index in [1.807, 2.05) is 30.3 Å². The monoisotopic (exact) mass is 287 g/mol. The number of aromatic nitrogens is 1. The van der Waals surface area contributed by atoms with E-state index < -0.39 is 0 Å². The van der Waals surface area contributed by atoms with Gasteiger partial charge in [-0.15, -0.1) is 0 Å². The van der Waals surface area contributed by atoms with Gasteiger partial charge in [-0.3, -0.25) is 14.5 Å². The van der Waals surface area contributed by atoms with Crippen molar-refractivity contribution in [2.24, 2.45) is 0 Å². The van der Waals surface area contributed by atoms with Crippen molar-refractivity contribution in [3.63, 3.8) is 0 Å². The lowest BCUT2D eigenvalue weighted by atomic mass is 10.1.